The van der Waals surface area contributed by atoms with Crippen LogP contribution in [0.25, 0.3) is 0 Å². The summed E-state index contributed by atoms with van der Waals surface area (Å²) in [6, 6.07) is 7.07. The smallest absolute Gasteiger partial charge is 0.195 e. The molecule has 1 aliphatic heterocycles. The van der Waals surface area contributed by atoms with Crippen LogP contribution in [0.3, 0.4) is 0 Å². The predicted molar refractivity (Wildman–Crippen MR) is 73.4 cm³/mol. The van der Waals surface area contributed by atoms with Crippen molar-refractivity contribution in [1.82, 2.24) is 0 Å². The van der Waals surface area contributed by atoms with Gasteiger partial charge >= 0.3 is 0 Å². The lowest BCUT2D eigenvalue weighted by Crippen LogP contribution is -2.00. The third-order valence-corrected chi connectivity index (χ3v) is 4.34. The molecule has 0 N–H and O–H groups in total. The van der Waals surface area contributed by atoms with Crippen molar-refractivity contribution in [3.8, 4) is 5.75 Å². The highest BCUT2D eigenvalue weighted by molar-refractivity contribution is 7.20. The summed E-state index contributed by atoms with van der Waals surface area (Å²) in [6.07, 6.45) is 0.842. The van der Waals surface area contributed by atoms with Gasteiger partial charge in [0.15, 0.2) is 5.78 Å². The average Bonchev–Trinajstić information content (AvgIpc) is 2.93. The van der Waals surface area contributed by atoms with E-state index < -0.39 is 0 Å². The fourth-order valence-electron chi connectivity index (χ4n) is 1.98. The van der Waals surface area contributed by atoms with Gasteiger partial charge in [0.05, 0.1) is 16.5 Å². The van der Waals surface area contributed by atoms with E-state index >= 15 is 0 Å². The second-order valence-electron chi connectivity index (χ2n) is 3.99. The quantitative estimate of drug-likeness (QED) is 0.776. The van der Waals surface area contributed by atoms with Crippen LogP contribution in [-0.4, -0.2) is 12.4 Å². The highest BCUT2D eigenvalue weighted by Gasteiger charge is 2.19. The summed E-state index contributed by atoms with van der Waals surface area (Å²) in [5.74, 6) is 0.763. The zero-order chi connectivity index (χ0) is 12.7. The predicted octanol–water partition coefficient (Wildman–Crippen LogP) is 4.22. The van der Waals surface area contributed by atoms with Crippen molar-refractivity contribution < 1.29 is 9.53 Å². The Balaban J connectivity index is 2.00. The second-order valence-corrected chi connectivity index (χ2v) is 6.27. The first-order valence-electron chi connectivity index (χ1n) is 5.40. The van der Waals surface area contributed by atoms with Crippen molar-refractivity contribution in [2.75, 3.05) is 6.61 Å². The molecule has 1 aromatic heterocycles. The van der Waals surface area contributed by atoms with E-state index in [9.17, 15) is 4.79 Å². The number of benzene rings is 1. The molecule has 0 radical (unpaired) electrons. The number of hydrogen-bond donors (Lipinski definition) is 0. The van der Waals surface area contributed by atoms with Crippen LogP contribution in [0.15, 0.2) is 24.3 Å². The molecule has 1 aromatic carbocycles. The fourth-order valence-corrected chi connectivity index (χ4v) is 3.44. The molecule has 0 unspecified atom stereocenters. The zero-order valence-corrected chi connectivity index (χ0v) is 11.5. The number of ether oxygens (including phenoxy) is 1. The molecule has 1 aliphatic rings. The summed E-state index contributed by atoms with van der Waals surface area (Å²) in [4.78, 5) is 12.3. The van der Waals surface area contributed by atoms with Gasteiger partial charge < -0.3 is 4.74 Å². The van der Waals surface area contributed by atoms with Crippen LogP contribution >= 0.6 is 34.5 Å². The van der Waals surface area contributed by atoms with Gasteiger partial charge in [0, 0.05) is 12.0 Å². The van der Waals surface area contributed by atoms with Gasteiger partial charge in [0.25, 0.3) is 0 Å². The largest absolute Gasteiger partial charge is 0.493 e. The van der Waals surface area contributed by atoms with Gasteiger partial charge in [-0.3, -0.25) is 4.79 Å². The minimum Gasteiger partial charge on any atom is -0.493 e. The molecular formula is C13H8Cl2O2S. The van der Waals surface area contributed by atoms with Crippen molar-refractivity contribution in [2.24, 2.45) is 0 Å². The van der Waals surface area contributed by atoms with Crippen LogP contribution < -0.4 is 4.74 Å². The normalized spacial score (nSPS) is 13.2. The summed E-state index contributed by atoms with van der Waals surface area (Å²) < 4.78 is 6.36. The topological polar surface area (TPSA) is 26.3 Å². The lowest BCUT2D eigenvalue weighted by Gasteiger charge is -2.02. The second kappa shape index (κ2) is 4.57. The third-order valence-electron chi connectivity index (χ3n) is 2.85. The minimum atomic E-state index is -0.0992. The van der Waals surface area contributed by atoms with Gasteiger partial charge in [-0.2, -0.15) is 0 Å². The summed E-state index contributed by atoms with van der Waals surface area (Å²) in [5.41, 5.74) is 2.15. The Morgan fingerprint density at radius 3 is 2.83 bits per heavy atom. The number of halogens is 2. The van der Waals surface area contributed by atoms with Crippen molar-refractivity contribution in [3.63, 3.8) is 0 Å². The third kappa shape index (κ3) is 2.03. The number of thiophene rings is 1. The Kier molecular flexibility index (Phi) is 3.06. The van der Waals surface area contributed by atoms with Crippen LogP contribution in [-0.2, 0) is 6.42 Å². The van der Waals surface area contributed by atoms with E-state index in [1.165, 1.54) is 11.3 Å². The van der Waals surface area contributed by atoms with Gasteiger partial charge in [-0.15, -0.1) is 11.3 Å². The lowest BCUT2D eigenvalue weighted by atomic mass is 10.0. The number of fused-ring (bicyclic) bond motifs is 1. The maximum absolute atomic E-state index is 12.3. The molecule has 0 aliphatic carbocycles. The molecule has 2 heterocycles. The standard InChI is InChI=1S/C13H8Cl2O2S/c14-11-6-9(13(15)18-11)12(16)8-1-2-10-7(5-8)3-4-17-10/h1-2,5-6H,3-4H2. The first-order valence-corrected chi connectivity index (χ1v) is 6.97. The van der Waals surface area contributed by atoms with Crippen LogP contribution in [0.1, 0.15) is 21.5 Å². The van der Waals surface area contributed by atoms with E-state index in [4.69, 9.17) is 27.9 Å². The SMILES string of the molecule is O=C(c1ccc2c(c1)CCO2)c1cc(Cl)sc1Cl. The Morgan fingerprint density at radius 2 is 2.11 bits per heavy atom. The van der Waals surface area contributed by atoms with E-state index in [0.29, 0.717) is 26.4 Å². The molecule has 0 bridgehead atoms. The molecule has 0 saturated heterocycles. The van der Waals surface area contributed by atoms with Gasteiger partial charge in [0.2, 0.25) is 0 Å². The van der Waals surface area contributed by atoms with Crippen LogP contribution in [0.4, 0.5) is 0 Å². The number of ketones is 1. The van der Waals surface area contributed by atoms with Crippen LogP contribution in [0, 0.1) is 0 Å². The van der Waals surface area contributed by atoms with Gasteiger partial charge in [-0.25, -0.2) is 0 Å². The van der Waals surface area contributed by atoms with E-state index in [-0.39, 0.29) is 5.78 Å². The molecule has 2 aromatic rings. The maximum Gasteiger partial charge on any atom is 0.195 e. The van der Waals surface area contributed by atoms with Crippen molar-refractivity contribution in [3.05, 3.63) is 49.6 Å². The zero-order valence-electron chi connectivity index (χ0n) is 9.20. The average molecular weight is 299 g/mol. The molecule has 3 rings (SSSR count). The number of carbonyl (C=O) groups is 1. The van der Waals surface area contributed by atoms with Crippen molar-refractivity contribution >= 4 is 40.3 Å². The molecular weight excluding hydrogens is 291 g/mol. The molecule has 5 heteroatoms. The number of rotatable bonds is 2. The summed E-state index contributed by atoms with van der Waals surface area (Å²) in [5, 5.41) is 0. The summed E-state index contributed by atoms with van der Waals surface area (Å²) in [6.45, 7) is 0.679. The molecule has 0 spiro atoms. The van der Waals surface area contributed by atoms with E-state index in [1.54, 1.807) is 12.1 Å². The molecule has 18 heavy (non-hydrogen) atoms. The van der Waals surface area contributed by atoms with Gasteiger partial charge in [-0.05, 0) is 29.8 Å². The molecule has 0 fully saturated rings. The Labute approximate surface area is 118 Å². The first kappa shape index (κ1) is 12.0. The number of carbonyl (C=O) groups excluding carboxylic acids is 1. The molecule has 0 amide bonds. The fraction of sp³-hybridized carbons (Fsp3) is 0.154. The Bertz CT molecular complexity index is 634. The Morgan fingerprint density at radius 1 is 1.28 bits per heavy atom. The van der Waals surface area contributed by atoms with Crippen LogP contribution in [0.2, 0.25) is 8.67 Å². The van der Waals surface area contributed by atoms with Crippen molar-refractivity contribution in [1.29, 1.82) is 0 Å². The maximum atomic E-state index is 12.3. The molecule has 2 nitrogen and oxygen atoms in total. The highest BCUT2D eigenvalue weighted by Crippen LogP contribution is 2.33. The van der Waals surface area contributed by atoms with Crippen LogP contribution in [0.5, 0.6) is 5.75 Å². The number of hydrogen-bond acceptors (Lipinski definition) is 3. The first-order chi connectivity index (χ1) is 8.65. The summed E-state index contributed by atoms with van der Waals surface area (Å²) in [7, 11) is 0. The Hall–Kier alpha value is -1.03. The minimum absolute atomic E-state index is 0.0992. The van der Waals surface area contributed by atoms with E-state index in [1.807, 2.05) is 12.1 Å². The highest BCUT2D eigenvalue weighted by atomic mass is 35.5. The molecule has 92 valence electrons. The van der Waals surface area contributed by atoms with Gasteiger partial charge in [-0.1, -0.05) is 23.2 Å². The molecule has 0 atom stereocenters. The summed E-state index contributed by atoms with van der Waals surface area (Å²) >= 11 is 13.1. The monoisotopic (exact) mass is 298 g/mol. The van der Waals surface area contributed by atoms with Crippen molar-refractivity contribution in [2.45, 2.75) is 6.42 Å². The lowest BCUT2D eigenvalue weighted by molar-refractivity contribution is 0.103. The van der Waals surface area contributed by atoms with Gasteiger partial charge in [0.1, 0.15) is 10.1 Å². The van der Waals surface area contributed by atoms with E-state index in [0.717, 1.165) is 17.7 Å². The van der Waals surface area contributed by atoms with E-state index in [2.05, 4.69) is 0 Å². The molecule has 0 saturated carbocycles.